The Morgan fingerprint density at radius 1 is 1.38 bits per heavy atom. The van der Waals surface area contributed by atoms with Crippen LogP contribution in [-0.2, 0) is 16.0 Å². The molecule has 0 radical (unpaired) electrons. The van der Waals surface area contributed by atoms with E-state index in [-0.39, 0.29) is 12.4 Å². The van der Waals surface area contributed by atoms with Crippen LogP contribution in [0.1, 0.15) is 51.2 Å². The molecule has 134 valence electrons. The molecule has 0 amide bonds. The molecule has 1 fully saturated rings. The molecular formula is C20H32N2O2. The molecule has 2 rings (SSSR count). The van der Waals surface area contributed by atoms with Gasteiger partial charge in [0, 0.05) is 6.54 Å². The highest BCUT2D eigenvalue weighted by Gasteiger charge is 2.31. The quantitative estimate of drug-likeness (QED) is 0.627. The van der Waals surface area contributed by atoms with Crippen molar-refractivity contribution in [2.75, 3.05) is 24.7 Å². The molecule has 1 aliphatic carbocycles. The number of nitrogen functional groups attached to an aromatic ring is 1. The molecule has 0 saturated heterocycles. The summed E-state index contributed by atoms with van der Waals surface area (Å²) in [5, 5.41) is 3.54. The topological polar surface area (TPSA) is 64.3 Å². The summed E-state index contributed by atoms with van der Waals surface area (Å²) in [5.74, 6) is 1.22. The molecule has 0 spiro atoms. The van der Waals surface area contributed by atoms with Crippen molar-refractivity contribution in [1.82, 2.24) is 0 Å². The zero-order chi connectivity index (χ0) is 17.9. The van der Waals surface area contributed by atoms with E-state index in [1.165, 1.54) is 26.4 Å². The summed E-state index contributed by atoms with van der Waals surface area (Å²) in [4.78, 5) is 11.5. The van der Waals surface area contributed by atoms with Gasteiger partial charge in [-0.1, -0.05) is 20.8 Å². The summed E-state index contributed by atoms with van der Waals surface area (Å²) < 4.78 is 4.74. The third-order valence-corrected chi connectivity index (χ3v) is 5.13. The molecule has 3 N–H and O–H groups in total. The maximum atomic E-state index is 11.5. The normalized spacial score (nSPS) is 22.9. The number of ether oxygens (including phenoxy) is 1. The number of nitrogens with one attached hydrogen (secondary N) is 1. The maximum Gasteiger partial charge on any atom is 0.309 e. The van der Waals surface area contributed by atoms with E-state index >= 15 is 0 Å². The van der Waals surface area contributed by atoms with Crippen molar-refractivity contribution in [2.24, 2.45) is 17.3 Å². The van der Waals surface area contributed by atoms with Crippen LogP contribution in [0.25, 0.3) is 0 Å². The number of rotatable bonds is 5. The largest absolute Gasteiger partial charge is 0.469 e. The molecule has 1 aromatic rings. The van der Waals surface area contributed by atoms with E-state index in [2.05, 4.69) is 26.1 Å². The smallest absolute Gasteiger partial charge is 0.309 e. The second-order valence-electron chi connectivity index (χ2n) is 8.28. The number of benzene rings is 1. The van der Waals surface area contributed by atoms with Crippen LogP contribution in [0.3, 0.4) is 0 Å². The lowest BCUT2D eigenvalue weighted by molar-refractivity contribution is -0.139. The lowest BCUT2D eigenvalue weighted by Gasteiger charge is -2.39. The van der Waals surface area contributed by atoms with Crippen LogP contribution < -0.4 is 11.1 Å². The Hall–Kier alpha value is -1.71. The summed E-state index contributed by atoms with van der Waals surface area (Å²) >= 11 is 0. The average molecular weight is 332 g/mol. The fourth-order valence-corrected chi connectivity index (χ4v) is 4.30. The van der Waals surface area contributed by atoms with Crippen LogP contribution in [0.15, 0.2) is 12.1 Å². The number of anilines is 2. The third kappa shape index (κ3) is 4.89. The van der Waals surface area contributed by atoms with Gasteiger partial charge in [0.15, 0.2) is 0 Å². The highest BCUT2D eigenvalue weighted by Crippen LogP contribution is 2.41. The van der Waals surface area contributed by atoms with E-state index in [4.69, 9.17) is 10.5 Å². The van der Waals surface area contributed by atoms with Crippen molar-refractivity contribution in [3.63, 3.8) is 0 Å². The zero-order valence-corrected chi connectivity index (χ0v) is 15.7. The molecule has 4 nitrogen and oxygen atoms in total. The number of carbonyl (C=O) groups excluding carboxylic acids is 1. The Balaban J connectivity index is 2.02. The second-order valence-corrected chi connectivity index (χ2v) is 8.28. The van der Waals surface area contributed by atoms with Gasteiger partial charge in [-0.2, -0.15) is 0 Å². The summed E-state index contributed by atoms with van der Waals surface area (Å²) in [6.45, 7) is 10.1. The molecule has 24 heavy (non-hydrogen) atoms. The highest BCUT2D eigenvalue weighted by atomic mass is 16.5. The Kier molecular flexibility index (Phi) is 5.79. The molecule has 1 aliphatic rings. The fourth-order valence-electron chi connectivity index (χ4n) is 4.30. The number of esters is 1. The van der Waals surface area contributed by atoms with Gasteiger partial charge in [-0.05, 0) is 66.7 Å². The number of carbonyl (C=O) groups is 1. The summed E-state index contributed by atoms with van der Waals surface area (Å²) in [6, 6.07) is 3.94. The molecular weight excluding hydrogens is 300 g/mol. The van der Waals surface area contributed by atoms with E-state index in [9.17, 15) is 4.79 Å². The van der Waals surface area contributed by atoms with E-state index in [0.717, 1.165) is 29.3 Å². The highest BCUT2D eigenvalue weighted by molar-refractivity contribution is 5.76. The molecule has 0 bridgehead atoms. The van der Waals surface area contributed by atoms with Crippen molar-refractivity contribution in [1.29, 1.82) is 0 Å². The number of methoxy groups -OCH3 is 1. The minimum Gasteiger partial charge on any atom is -0.469 e. The SMILES string of the molecule is COC(=O)Cc1cc(N)c(NCC2C[C@H](C)CC(C)(C)C2)cc1C. The number of aryl methyl sites for hydroxylation is 1. The van der Waals surface area contributed by atoms with Gasteiger partial charge in [0.05, 0.1) is 24.9 Å². The Morgan fingerprint density at radius 2 is 2.08 bits per heavy atom. The first-order chi connectivity index (χ1) is 11.2. The summed E-state index contributed by atoms with van der Waals surface area (Å²) in [6.07, 6.45) is 4.10. The van der Waals surface area contributed by atoms with E-state index in [1.807, 2.05) is 19.1 Å². The van der Waals surface area contributed by atoms with Crippen LogP contribution >= 0.6 is 0 Å². The molecule has 0 aromatic heterocycles. The first-order valence-electron chi connectivity index (χ1n) is 8.90. The van der Waals surface area contributed by atoms with Gasteiger partial charge < -0.3 is 15.8 Å². The molecule has 4 heteroatoms. The Labute approximate surface area is 146 Å². The van der Waals surface area contributed by atoms with Crippen LogP contribution in [0, 0.1) is 24.2 Å². The van der Waals surface area contributed by atoms with Gasteiger partial charge in [0.1, 0.15) is 0 Å². The predicted molar refractivity (Wildman–Crippen MR) is 100 cm³/mol. The minimum atomic E-state index is -0.239. The van der Waals surface area contributed by atoms with Crippen LogP contribution in [-0.4, -0.2) is 19.6 Å². The lowest BCUT2D eigenvalue weighted by atomic mass is 9.68. The van der Waals surface area contributed by atoms with Gasteiger partial charge in [-0.15, -0.1) is 0 Å². The summed E-state index contributed by atoms with van der Waals surface area (Å²) in [7, 11) is 1.41. The molecule has 0 aliphatic heterocycles. The number of nitrogens with two attached hydrogens (primary N) is 1. The number of hydrogen-bond acceptors (Lipinski definition) is 4. The van der Waals surface area contributed by atoms with Crippen molar-refractivity contribution in [2.45, 2.75) is 53.4 Å². The fraction of sp³-hybridized carbons (Fsp3) is 0.650. The molecule has 2 atom stereocenters. The standard InChI is InChI=1S/C20H32N2O2/c1-13-6-15(11-20(3,4)10-13)12-22-18-7-14(2)16(8-17(18)21)9-19(23)24-5/h7-8,13,15,22H,6,9-12,21H2,1-5H3/t13-,15?/m0/s1. The maximum absolute atomic E-state index is 11.5. The van der Waals surface area contributed by atoms with E-state index in [1.54, 1.807) is 0 Å². The van der Waals surface area contributed by atoms with Crippen LogP contribution in [0.2, 0.25) is 0 Å². The van der Waals surface area contributed by atoms with E-state index < -0.39 is 0 Å². The van der Waals surface area contributed by atoms with Gasteiger partial charge in [0.2, 0.25) is 0 Å². The molecule has 1 unspecified atom stereocenters. The zero-order valence-electron chi connectivity index (χ0n) is 15.7. The van der Waals surface area contributed by atoms with Gasteiger partial charge in [-0.3, -0.25) is 4.79 Å². The second kappa shape index (κ2) is 7.45. The Bertz CT molecular complexity index is 596. The van der Waals surface area contributed by atoms with Crippen molar-refractivity contribution in [3.8, 4) is 0 Å². The lowest BCUT2D eigenvalue weighted by Crippen LogP contribution is -2.31. The van der Waals surface area contributed by atoms with E-state index in [0.29, 0.717) is 17.0 Å². The van der Waals surface area contributed by atoms with Crippen LogP contribution in [0.4, 0.5) is 11.4 Å². The molecule has 0 heterocycles. The predicted octanol–water partition coefficient (Wildman–Crippen LogP) is 4.17. The van der Waals surface area contributed by atoms with Gasteiger partial charge in [0.25, 0.3) is 0 Å². The molecule has 1 aromatic carbocycles. The van der Waals surface area contributed by atoms with Crippen LogP contribution in [0.5, 0.6) is 0 Å². The van der Waals surface area contributed by atoms with Gasteiger partial charge in [-0.25, -0.2) is 0 Å². The summed E-state index contributed by atoms with van der Waals surface area (Å²) in [5.41, 5.74) is 10.3. The third-order valence-electron chi connectivity index (χ3n) is 5.13. The monoisotopic (exact) mass is 332 g/mol. The van der Waals surface area contributed by atoms with Gasteiger partial charge >= 0.3 is 5.97 Å². The molecule has 1 saturated carbocycles. The van der Waals surface area contributed by atoms with Crippen molar-refractivity contribution < 1.29 is 9.53 Å². The van der Waals surface area contributed by atoms with Crippen molar-refractivity contribution in [3.05, 3.63) is 23.3 Å². The number of hydrogen-bond donors (Lipinski definition) is 2. The first-order valence-corrected chi connectivity index (χ1v) is 8.90. The van der Waals surface area contributed by atoms with Crippen molar-refractivity contribution >= 4 is 17.3 Å². The Morgan fingerprint density at radius 3 is 2.71 bits per heavy atom. The minimum absolute atomic E-state index is 0.239. The first kappa shape index (κ1) is 18.6. The average Bonchev–Trinajstić information content (AvgIpc) is 2.47.